The van der Waals surface area contributed by atoms with Crippen LogP contribution in [0.25, 0.3) is 0 Å². The fourth-order valence-electron chi connectivity index (χ4n) is 1.51. The first-order valence-electron chi connectivity index (χ1n) is 5.25. The number of hydrogen-bond donors (Lipinski definition) is 1. The molecular formula is C13H10BrClN2O. The second-order valence-electron chi connectivity index (χ2n) is 3.78. The van der Waals surface area contributed by atoms with Gasteiger partial charge < -0.3 is 5.32 Å². The van der Waals surface area contributed by atoms with E-state index >= 15 is 0 Å². The highest BCUT2D eigenvalue weighted by atomic mass is 79.9. The van der Waals surface area contributed by atoms with Crippen LogP contribution in [0.15, 0.2) is 41.0 Å². The van der Waals surface area contributed by atoms with Crippen LogP contribution < -0.4 is 5.32 Å². The predicted molar refractivity (Wildman–Crippen MR) is 76.1 cm³/mol. The van der Waals surface area contributed by atoms with Crippen LogP contribution in [0.2, 0.25) is 5.15 Å². The number of amides is 1. The van der Waals surface area contributed by atoms with E-state index in [1.807, 2.05) is 25.1 Å². The number of nitrogens with one attached hydrogen (secondary N) is 1. The van der Waals surface area contributed by atoms with E-state index in [0.717, 1.165) is 15.7 Å². The molecular weight excluding hydrogens is 316 g/mol. The monoisotopic (exact) mass is 324 g/mol. The molecule has 0 aliphatic carbocycles. The van der Waals surface area contributed by atoms with Gasteiger partial charge in [-0.3, -0.25) is 4.79 Å². The van der Waals surface area contributed by atoms with Crippen molar-refractivity contribution in [3.63, 3.8) is 0 Å². The summed E-state index contributed by atoms with van der Waals surface area (Å²) in [7, 11) is 0. The Morgan fingerprint density at radius 3 is 2.78 bits per heavy atom. The molecule has 0 atom stereocenters. The Kier molecular flexibility index (Phi) is 3.99. The third kappa shape index (κ3) is 3.09. The van der Waals surface area contributed by atoms with E-state index in [-0.39, 0.29) is 5.91 Å². The first kappa shape index (κ1) is 13.1. The molecule has 0 aliphatic rings. The van der Waals surface area contributed by atoms with E-state index in [0.29, 0.717) is 10.7 Å². The van der Waals surface area contributed by atoms with Crippen molar-refractivity contribution in [1.29, 1.82) is 0 Å². The maximum Gasteiger partial charge on any atom is 0.255 e. The zero-order chi connectivity index (χ0) is 13.1. The molecule has 0 saturated carbocycles. The minimum absolute atomic E-state index is 0.204. The van der Waals surface area contributed by atoms with Crippen molar-refractivity contribution in [3.05, 3.63) is 57.3 Å². The van der Waals surface area contributed by atoms with Gasteiger partial charge in [-0.05, 0) is 42.8 Å². The lowest BCUT2D eigenvalue weighted by Crippen LogP contribution is -2.12. The van der Waals surface area contributed by atoms with Crippen LogP contribution in [0.3, 0.4) is 0 Å². The molecule has 0 saturated heterocycles. The lowest BCUT2D eigenvalue weighted by atomic mass is 10.2. The highest BCUT2D eigenvalue weighted by molar-refractivity contribution is 9.10. The lowest BCUT2D eigenvalue weighted by molar-refractivity contribution is 0.102. The normalized spacial score (nSPS) is 10.2. The summed E-state index contributed by atoms with van der Waals surface area (Å²) in [5.74, 6) is -0.204. The summed E-state index contributed by atoms with van der Waals surface area (Å²) in [6.45, 7) is 1.93. The maximum absolute atomic E-state index is 12.0. The smallest absolute Gasteiger partial charge is 0.255 e. The summed E-state index contributed by atoms with van der Waals surface area (Å²) >= 11 is 9.13. The Hall–Kier alpha value is -1.39. The van der Waals surface area contributed by atoms with Crippen LogP contribution in [0, 0.1) is 6.92 Å². The molecule has 18 heavy (non-hydrogen) atoms. The van der Waals surface area contributed by atoms with Crippen molar-refractivity contribution >= 4 is 39.1 Å². The zero-order valence-electron chi connectivity index (χ0n) is 9.58. The Balaban J connectivity index is 2.21. The topological polar surface area (TPSA) is 42.0 Å². The Morgan fingerprint density at radius 1 is 1.33 bits per heavy atom. The molecule has 1 N–H and O–H groups in total. The van der Waals surface area contributed by atoms with Gasteiger partial charge in [0.1, 0.15) is 5.15 Å². The molecule has 0 radical (unpaired) electrons. The molecule has 1 amide bonds. The van der Waals surface area contributed by atoms with E-state index in [2.05, 4.69) is 26.2 Å². The first-order valence-corrected chi connectivity index (χ1v) is 6.42. The van der Waals surface area contributed by atoms with Crippen LogP contribution in [0.5, 0.6) is 0 Å². The number of rotatable bonds is 2. The summed E-state index contributed by atoms with van der Waals surface area (Å²) in [5.41, 5.74) is 2.24. The molecule has 3 nitrogen and oxygen atoms in total. The van der Waals surface area contributed by atoms with Crippen molar-refractivity contribution in [2.24, 2.45) is 0 Å². The van der Waals surface area contributed by atoms with Gasteiger partial charge >= 0.3 is 0 Å². The summed E-state index contributed by atoms with van der Waals surface area (Å²) in [6.07, 6.45) is 1.51. The molecule has 0 unspecified atom stereocenters. The molecule has 0 fully saturated rings. The number of halogens is 2. The van der Waals surface area contributed by atoms with Gasteiger partial charge in [0.05, 0.1) is 0 Å². The van der Waals surface area contributed by atoms with E-state index in [9.17, 15) is 4.79 Å². The van der Waals surface area contributed by atoms with Gasteiger partial charge in [0.15, 0.2) is 0 Å². The lowest BCUT2D eigenvalue weighted by Gasteiger charge is -2.08. The minimum atomic E-state index is -0.204. The highest BCUT2D eigenvalue weighted by Crippen LogP contribution is 2.20. The van der Waals surface area contributed by atoms with E-state index in [1.165, 1.54) is 12.3 Å². The van der Waals surface area contributed by atoms with Crippen molar-refractivity contribution in [2.75, 3.05) is 5.32 Å². The molecule has 0 spiro atoms. The molecule has 0 bridgehead atoms. The number of carbonyl (C=O) groups excluding carboxylic acids is 1. The molecule has 1 aromatic heterocycles. The Labute approximate surface area is 118 Å². The Bertz CT molecular complexity index is 601. The average molecular weight is 326 g/mol. The highest BCUT2D eigenvalue weighted by Gasteiger charge is 2.08. The molecule has 5 heteroatoms. The second-order valence-corrected chi connectivity index (χ2v) is 5.08. The quantitative estimate of drug-likeness (QED) is 0.846. The number of benzene rings is 1. The predicted octanol–water partition coefficient (Wildman–Crippen LogP) is 4.06. The minimum Gasteiger partial charge on any atom is -0.322 e. The Morgan fingerprint density at radius 2 is 2.11 bits per heavy atom. The maximum atomic E-state index is 12.0. The number of anilines is 1. The van der Waals surface area contributed by atoms with Gasteiger partial charge in [-0.2, -0.15) is 0 Å². The standard InChI is InChI=1S/C13H10BrClN2O/c1-8-6-10(14)2-3-11(8)17-13(18)9-4-5-16-12(15)7-9/h2-7H,1H3,(H,17,18). The number of carbonyl (C=O) groups is 1. The average Bonchev–Trinajstić information content (AvgIpc) is 2.32. The molecule has 92 valence electrons. The third-order valence-corrected chi connectivity index (χ3v) is 3.13. The van der Waals surface area contributed by atoms with Gasteiger partial charge in [0, 0.05) is 21.9 Å². The third-order valence-electron chi connectivity index (χ3n) is 2.43. The van der Waals surface area contributed by atoms with E-state index in [4.69, 9.17) is 11.6 Å². The van der Waals surface area contributed by atoms with E-state index < -0.39 is 0 Å². The second kappa shape index (κ2) is 5.50. The molecule has 2 rings (SSSR count). The number of pyridine rings is 1. The molecule has 1 heterocycles. The van der Waals surface area contributed by atoms with Gasteiger partial charge in [-0.1, -0.05) is 27.5 Å². The molecule has 2 aromatic rings. The van der Waals surface area contributed by atoms with Crippen LogP contribution in [-0.2, 0) is 0 Å². The number of aromatic nitrogens is 1. The van der Waals surface area contributed by atoms with Gasteiger partial charge in [-0.25, -0.2) is 4.98 Å². The largest absolute Gasteiger partial charge is 0.322 e. The van der Waals surface area contributed by atoms with Crippen LogP contribution in [0.4, 0.5) is 5.69 Å². The van der Waals surface area contributed by atoms with Gasteiger partial charge in [0.2, 0.25) is 0 Å². The molecule has 0 aliphatic heterocycles. The summed E-state index contributed by atoms with van der Waals surface area (Å²) in [4.78, 5) is 15.8. The SMILES string of the molecule is Cc1cc(Br)ccc1NC(=O)c1ccnc(Cl)c1. The summed E-state index contributed by atoms with van der Waals surface area (Å²) in [6, 6.07) is 8.82. The van der Waals surface area contributed by atoms with Crippen molar-refractivity contribution in [3.8, 4) is 0 Å². The fourth-order valence-corrected chi connectivity index (χ4v) is 2.15. The van der Waals surface area contributed by atoms with E-state index in [1.54, 1.807) is 6.07 Å². The van der Waals surface area contributed by atoms with Crippen LogP contribution in [0.1, 0.15) is 15.9 Å². The molecule has 1 aromatic carbocycles. The zero-order valence-corrected chi connectivity index (χ0v) is 11.9. The van der Waals surface area contributed by atoms with Gasteiger partial charge in [0.25, 0.3) is 5.91 Å². The van der Waals surface area contributed by atoms with Crippen LogP contribution >= 0.6 is 27.5 Å². The summed E-state index contributed by atoms with van der Waals surface area (Å²) in [5, 5.41) is 3.14. The van der Waals surface area contributed by atoms with Crippen molar-refractivity contribution < 1.29 is 4.79 Å². The summed E-state index contributed by atoms with van der Waals surface area (Å²) < 4.78 is 0.977. The first-order chi connectivity index (χ1) is 8.56. The van der Waals surface area contributed by atoms with Gasteiger partial charge in [-0.15, -0.1) is 0 Å². The van der Waals surface area contributed by atoms with Crippen molar-refractivity contribution in [1.82, 2.24) is 4.98 Å². The fraction of sp³-hybridized carbons (Fsp3) is 0.0769. The van der Waals surface area contributed by atoms with Crippen molar-refractivity contribution in [2.45, 2.75) is 6.92 Å². The van der Waals surface area contributed by atoms with Crippen LogP contribution in [-0.4, -0.2) is 10.9 Å². The number of hydrogen-bond acceptors (Lipinski definition) is 2. The number of aryl methyl sites for hydroxylation is 1. The number of nitrogens with zero attached hydrogens (tertiary/aromatic N) is 1.